The van der Waals surface area contributed by atoms with Gasteiger partial charge in [0.25, 0.3) is 0 Å². The number of alkyl halides is 1. The summed E-state index contributed by atoms with van der Waals surface area (Å²) < 4.78 is 26.5. The summed E-state index contributed by atoms with van der Waals surface area (Å²) in [4.78, 5) is 14.1. The van der Waals surface area contributed by atoms with Crippen LogP contribution in [-0.4, -0.2) is 63.0 Å². The van der Waals surface area contributed by atoms with Gasteiger partial charge in [0.1, 0.15) is 0 Å². The van der Waals surface area contributed by atoms with E-state index in [4.69, 9.17) is 23.2 Å². The molecule has 146 valence electrons. The molecule has 2 rings (SSSR count). The minimum Gasteiger partial charge on any atom is -0.369 e. The first kappa shape index (κ1) is 21.3. The van der Waals surface area contributed by atoms with Gasteiger partial charge in [-0.15, -0.1) is 11.6 Å². The first-order valence-corrected chi connectivity index (χ1v) is 11.0. The number of nitrogens with one attached hydrogen (secondary N) is 1. The Hall–Kier alpha value is -1.02. The van der Waals surface area contributed by atoms with Crippen LogP contribution in [0.1, 0.15) is 13.8 Å². The number of rotatable bonds is 7. The van der Waals surface area contributed by atoms with Crippen LogP contribution in [0.5, 0.6) is 0 Å². The number of halogens is 2. The van der Waals surface area contributed by atoms with Crippen LogP contribution in [0.3, 0.4) is 0 Å². The van der Waals surface area contributed by atoms with Gasteiger partial charge < -0.3 is 10.2 Å². The number of hydrogen-bond acceptors (Lipinski definition) is 4. The highest BCUT2D eigenvalue weighted by atomic mass is 35.5. The standard InChI is InChI=1S/C17H25Cl2N3O3S/c1-17(2,13-18)16(23)20-6-11-26(24,25)22-9-7-21(8-10-22)15-5-3-4-14(19)12-15/h3-5,12H,6-11,13H2,1-2H3,(H,20,23). The number of piperazine rings is 1. The van der Waals surface area contributed by atoms with Crippen molar-refractivity contribution >= 4 is 44.8 Å². The van der Waals surface area contributed by atoms with Crippen molar-refractivity contribution in [2.75, 3.05) is 49.3 Å². The smallest absolute Gasteiger partial charge is 0.226 e. The van der Waals surface area contributed by atoms with E-state index in [-0.39, 0.29) is 24.1 Å². The van der Waals surface area contributed by atoms with E-state index < -0.39 is 15.4 Å². The van der Waals surface area contributed by atoms with Gasteiger partial charge in [-0.25, -0.2) is 8.42 Å². The molecule has 1 amide bonds. The lowest BCUT2D eigenvalue weighted by Gasteiger charge is -2.35. The monoisotopic (exact) mass is 421 g/mol. The van der Waals surface area contributed by atoms with Crippen LogP contribution in [-0.2, 0) is 14.8 Å². The Kier molecular flexibility index (Phi) is 7.19. The number of carbonyl (C=O) groups is 1. The van der Waals surface area contributed by atoms with Crippen molar-refractivity contribution in [2.24, 2.45) is 5.41 Å². The predicted molar refractivity (Wildman–Crippen MR) is 107 cm³/mol. The molecule has 0 aromatic heterocycles. The maximum absolute atomic E-state index is 12.5. The van der Waals surface area contributed by atoms with Gasteiger partial charge >= 0.3 is 0 Å². The molecule has 1 aromatic carbocycles. The van der Waals surface area contributed by atoms with Crippen LogP contribution in [0.4, 0.5) is 5.69 Å². The normalized spacial score (nSPS) is 16.5. The molecule has 0 atom stereocenters. The lowest BCUT2D eigenvalue weighted by molar-refractivity contribution is -0.128. The fourth-order valence-corrected chi connectivity index (χ4v) is 4.26. The van der Waals surface area contributed by atoms with E-state index in [1.165, 1.54) is 4.31 Å². The van der Waals surface area contributed by atoms with Crippen LogP contribution in [0, 0.1) is 5.41 Å². The number of carbonyl (C=O) groups excluding carboxylic acids is 1. The van der Waals surface area contributed by atoms with Crippen LogP contribution in [0.25, 0.3) is 0 Å². The van der Waals surface area contributed by atoms with Gasteiger partial charge in [0.2, 0.25) is 15.9 Å². The second-order valence-electron chi connectivity index (χ2n) is 6.96. The average Bonchev–Trinajstić information content (AvgIpc) is 2.61. The molecule has 1 N–H and O–H groups in total. The number of sulfonamides is 1. The predicted octanol–water partition coefficient (Wildman–Crippen LogP) is 2.17. The molecule has 0 saturated carbocycles. The van der Waals surface area contributed by atoms with E-state index in [2.05, 4.69) is 10.2 Å². The van der Waals surface area contributed by atoms with Gasteiger partial charge in [-0.1, -0.05) is 17.7 Å². The van der Waals surface area contributed by atoms with Gasteiger partial charge in [-0.2, -0.15) is 4.31 Å². The number of nitrogens with zero attached hydrogens (tertiary/aromatic N) is 2. The maximum atomic E-state index is 12.5. The highest BCUT2D eigenvalue weighted by Gasteiger charge is 2.29. The molecule has 0 bridgehead atoms. The molecule has 6 nitrogen and oxygen atoms in total. The van der Waals surface area contributed by atoms with Gasteiger partial charge in [-0.05, 0) is 32.0 Å². The minimum atomic E-state index is -3.41. The molecular weight excluding hydrogens is 397 g/mol. The largest absolute Gasteiger partial charge is 0.369 e. The molecule has 1 aliphatic heterocycles. The second kappa shape index (κ2) is 8.78. The van der Waals surface area contributed by atoms with Crippen molar-refractivity contribution in [2.45, 2.75) is 13.8 Å². The van der Waals surface area contributed by atoms with E-state index in [0.717, 1.165) is 5.69 Å². The number of anilines is 1. The van der Waals surface area contributed by atoms with Gasteiger partial charge in [0.05, 0.1) is 11.2 Å². The molecule has 1 aromatic rings. The Labute approximate surface area is 165 Å². The summed E-state index contributed by atoms with van der Waals surface area (Å²) in [6.07, 6.45) is 0. The summed E-state index contributed by atoms with van der Waals surface area (Å²) >= 11 is 11.8. The van der Waals surface area contributed by atoms with Gasteiger partial charge in [-0.3, -0.25) is 4.79 Å². The third-order valence-corrected chi connectivity index (χ3v) is 7.17. The Bertz CT molecular complexity index is 733. The summed E-state index contributed by atoms with van der Waals surface area (Å²) in [6.45, 7) is 5.55. The van der Waals surface area contributed by atoms with Crippen molar-refractivity contribution in [1.29, 1.82) is 0 Å². The first-order valence-electron chi connectivity index (χ1n) is 8.48. The minimum absolute atomic E-state index is 0.0794. The summed E-state index contributed by atoms with van der Waals surface area (Å²) in [5, 5.41) is 3.32. The fraction of sp³-hybridized carbons (Fsp3) is 0.588. The average molecular weight is 422 g/mol. The molecule has 0 aliphatic carbocycles. The second-order valence-corrected chi connectivity index (χ2v) is 9.75. The summed E-state index contributed by atoms with van der Waals surface area (Å²) in [5.41, 5.74) is 0.276. The Morgan fingerprint density at radius 1 is 1.23 bits per heavy atom. The highest BCUT2D eigenvalue weighted by molar-refractivity contribution is 7.89. The lowest BCUT2D eigenvalue weighted by atomic mass is 9.95. The van der Waals surface area contributed by atoms with Crippen LogP contribution in [0.2, 0.25) is 5.02 Å². The van der Waals surface area contributed by atoms with Gasteiger partial charge in [0, 0.05) is 49.3 Å². The van der Waals surface area contributed by atoms with E-state index in [1.807, 2.05) is 24.3 Å². The van der Waals surface area contributed by atoms with Crippen molar-refractivity contribution < 1.29 is 13.2 Å². The van der Waals surface area contributed by atoms with Gasteiger partial charge in [0.15, 0.2) is 0 Å². The zero-order chi connectivity index (χ0) is 19.4. The number of benzene rings is 1. The fourth-order valence-electron chi connectivity index (χ4n) is 2.62. The summed E-state index contributed by atoms with van der Waals surface area (Å²) in [6, 6.07) is 7.53. The highest BCUT2D eigenvalue weighted by Crippen LogP contribution is 2.21. The molecule has 1 aliphatic rings. The van der Waals surface area contributed by atoms with Crippen LogP contribution < -0.4 is 10.2 Å². The zero-order valence-electron chi connectivity index (χ0n) is 15.0. The molecule has 1 saturated heterocycles. The summed E-state index contributed by atoms with van der Waals surface area (Å²) in [7, 11) is -3.41. The number of amides is 1. The Balaban J connectivity index is 1.85. The first-order chi connectivity index (χ1) is 12.2. The topological polar surface area (TPSA) is 69.7 Å². The molecular formula is C17H25Cl2N3O3S. The molecule has 1 heterocycles. The molecule has 26 heavy (non-hydrogen) atoms. The third-order valence-electron chi connectivity index (χ3n) is 4.40. The van der Waals surface area contributed by atoms with E-state index >= 15 is 0 Å². The van der Waals surface area contributed by atoms with Crippen molar-refractivity contribution in [3.05, 3.63) is 29.3 Å². The molecule has 9 heteroatoms. The third kappa shape index (κ3) is 5.49. The quantitative estimate of drug-likeness (QED) is 0.684. The SMILES string of the molecule is CC(C)(CCl)C(=O)NCCS(=O)(=O)N1CCN(c2cccc(Cl)c2)CC1. The van der Waals surface area contributed by atoms with Crippen molar-refractivity contribution in [1.82, 2.24) is 9.62 Å². The maximum Gasteiger partial charge on any atom is 0.226 e. The molecule has 1 fully saturated rings. The zero-order valence-corrected chi connectivity index (χ0v) is 17.4. The van der Waals surface area contributed by atoms with E-state index in [1.54, 1.807) is 13.8 Å². The Morgan fingerprint density at radius 3 is 2.46 bits per heavy atom. The van der Waals surface area contributed by atoms with Crippen LogP contribution >= 0.6 is 23.2 Å². The van der Waals surface area contributed by atoms with Crippen molar-refractivity contribution in [3.8, 4) is 0 Å². The Morgan fingerprint density at radius 2 is 1.88 bits per heavy atom. The summed E-state index contributed by atoms with van der Waals surface area (Å²) in [5.74, 6) is -0.181. The lowest BCUT2D eigenvalue weighted by Crippen LogP contribution is -2.50. The van der Waals surface area contributed by atoms with E-state index in [9.17, 15) is 13.2 Å². The van der Waals surface area contributed by atoms with E-state index in [0.29, 0.717) is 31.2 Å². The van der Waals surface area contributed by atoms with Crippen LogP contribution in [0.15, 0.2) is 24.3 Å². The molecule has 0 radical (unpaired) electrons. The molecule has 0 unspecified atom stereocenters. The van der Waals surface area contributed by atoms with Crippen molar-refractivity contribution in [3.63, 3.8) is 0 Å². The number of hydrogen-bond donors (Lipinski definition) is 1. The molecule has 0 spiro atoms.